The highest BCUT2D eigenvalue weighted by Crippen LogP contribution is 2.25. The Morgan fingerprint density at radius 3 is 2.70 bits per heavy atom. The Morgan fingerprint density at radius 1 is 1.15 bits per heavy atom. The summed E-state index contributed by atoms with van der Waals surface area (Å²) in [4.78, 5) is 21.5. The second-order valence-corrected chi connectivity index (χ2v) is 10.3. The quantitative estimate of drug-likeness (QED) is 0.492. The van der Waals surface area contributed by atoms with E-state index in [4.69, 9.17) is 4.98 Å². The van der Waals surface area contributed by atoms with E-state index in [1.165, 1.54) is 0 Å². The maximum atomic E-state index is 12.9. The number of benzene rings is 1. The van der Waals surface area contributed by atoms with Crippen LogP contribution in [0.15, 0.2) is 47.6 Å². The number of fused-ring (bicyclic) bond motifs is 1. The molecule has 1 aliphatic rings. The molecule has 0 atom stereocenters. The first-order chi connectivity index (χ1) is 16.0. The van der Waals surface area contributed by atoms with Gasteiger partial charge in [-0.1, -0.05) is 13.0 Å². The van der Waals surface area contributed by atoms with Gasteiger partial charge in [-0.3, -0.25) is 9.78 Å². The number of carbonyl (C=O) groups excluding carboxylic acids is 1. The van der Waals surface area contributed by atoms with Gasteiger partial charge in [-0.25, -0.2) is 13.4 Å². The molecule has 4 rings (SSSR count). The zero-order chi connectivity index (χ0) is 23.3. The maximum absolute atomic E-state index is 12.9. The molecule has 0 spiro atoms. The number of nitrogens with zero attached hydrogens (tertiary/aromatic N) is 4. The van der Waals surface area contributed by atoms with Crippen molar-refractivity contribution in [1.29, 1.82) is 0 Å². The van der Waals surface area contributed by atoms with E-state index in [2.05, 4.69) is 21.8 Å². The molecule has 3 heterocycles. The third-order valence-corrected chi connectivity index (χ3v) is 7.88. The summed E-state index contributed by atoms with van der Waals surface area (Å²) in [5.41, 5.74) is 2.65. The predicted octanol–water partition coefficient (Wildman–Crippen LogP) is 2.92. The van der Waals surface area contributed by atoms with Gasteiger partial charge in [-0.15, -0.1) is 0 Å². The highest BCUT2D eigenvalue weighted by Gasteiger charge is 2.27. The van der Waals surface area contributed by atoms with E-state index in [0.29, 0.717) is 38.0 Å². The van der Waals surface area contributed by atoms with Gasteiger partial charge in [0.15, 0.2) is 0 Å². The number of carbonyl (C=O) groups is 1. The Bertz CT molecular complexity index is 1200. The van der Waals surface area contributed by atoms with Crippen LogP contribution in [0.25, 0.3) is 11.0 Å². The average molecular weight is 470 g/mol. The minimum absolute atomic E-state index is 0.0219. The monoisotopic (exact) mass is 469 g/mol. The first-order valence-electron chi connectivity index (χ1n) is 11.6. The number of aryl methyl sites for hydroxylation is 2. The normalized spacial score (nSPS) is 14.7. The molecule has 9 heteroatoms. The van der Waals surface area contributed by atoms with E-state index >= 15 is 0 Å². The number of sulfonamides is 1. The van der Waals surface area contributed by atoms with Crippen molar-refractivity contribution in [1.82, 2.24) is 24.2 Å². The Kier molecular flexibility index (Phi) is 7.39. The fourth-order valence-electron chi connectivity index (χ4n) is 4.27. The molecule has 0 bridgehead atoms. The number of nitrogens with one attached hydrogen (secondary N) is 1. The highest BCUT2D eigenvalue weighted by molar-refractivity contribution is 7.89. The Balaban J connectivity index is 1.45. The van der Waals surface area contributed by atoms with Crippen molar-refractivity contribution in [2.45, 2.75) is 56.9 Å². The van der Waals surface area contributed by atoms with Gasteiger partial charge in [0, 0.05) is 51.4 Å². The van der Waals surface area contributed by atoms with Crippen molar-refractivity contribution in [3.8, 4) is 0 Å². The Hall–Kier alpha value is -2.78. The molecule has 1 saturated heterocycles. The van der Waals surface area contributed by atoms with E-state index in [0.717, 1.165) is 49.1 Å². The molecular formula is C24H31N5O3S. The molecule has 176 valence electrons. The fraction of sp³-hybridized carbons (Fsp3) is 0.458. The lowest BCUT2D eigenvalue weighted by Crippen LogP contribution is -2.27. The van der Waals surface area contributed by atoms with E-state index in [-0.39, 0.29) is 10.8 Å². The largest absolute Gasteiger partial charge is 0.356 e. The molecule has 2 aromatic heterocycles. The summed E-state index contributed by atoms with van der Waals surface area (Å²) >= 11 is 0. The minimum atomic E-state index is -3.49. The lowest BCUT2D eigenvalue weighted by Gasteiger charge is -2.15. The van der Waals surface area contributed by atoms with Crippen LogP contribution in [-0.2, 0) is 34.2 Å². The lowest BCUT2D eigenvalue weighted by molar-refractivity contribution is -0.121. The van der Waals surface area contributed by atoms with Crippen molar-refractivity contribution in [2.75, 3.05) is 19.6 Å². The third kappa shape index (κ3) is 5.42. The molecule has 0 radical (unpaired) electrons. The van der Waals surface area contributed by atoms with Crippen LogP contribution < -0.4 is 5.32 Å². The standard InChI is InChI=1S/C24H31N5O3S/c1-2-14-29-22-8-7-20(33(31,32)28-15-3-4-16-28)17-21(22)27-23(29)9-10-24(30)26-13-11-19-6-5-12-25-18-19/h5-8,12,17-18H,2-4,9-11,13-16H2,1H3,(H,26,30). The predicted molar refractivity (Wildman–Crippen MR) is 127 cm³/mol. The first kappa shape index (κ1) is 23.4. The molecule has 1 aromatic carbocycles. The van der Waals surface area contributed by atoms with Crippen molar-refractivity contribution >= 4 is 27.0 Å². The number of hydrogen-bond acceptors (Lipinski definition) is 5. The number of amides is 1. The summed E-state index contributed by atoms with van der Waals surface area (Å²) in [6, 6.07) is 9.07. The van der Waals surface area contributed by atoms with E-state index < -0.39 is 10.0 Å². The van der Waals surface area contributed by atoms with E-state index in [9.17, 15) is 13.2 Å². The summed E-state index contributed by atoms with van der Waals surface area (Å²) in [7, 11) is -3.49. The molecule has 8 nitrogen and oxygen atoms in total. The van der Waals surface area contributed by atoms with Gasteiger partial charge in [0.1, 0.15) is 5.82 Å². The highest BCUT2D eigenvalue weighted by atomic mass is 32.2. The number of pyridine rings is 1. The average Bonchev–Trinajstić information content (AvgIpc) is 3.48. The van der Waals surface area contributed by atoms with Crippen LogP contribution in [0.1, 0.15) is 44.0 Å². The van der Waals surface area contributed by atoms with Gasteiger partial charge in [0.05, 0.1) is 15.9 Å². The van der Waals surface area contributed by atoms with Crippen LogP contribution in [-0.4, -0.2) is 52.8 Å². The first-order valence-corrected chi connectivity index (χ1v) is 13.1. The smallest absolute Gasteiger partial charge is 0.243 e. The maximum Gasteiger partial charge on any atom is 0.243 e. The molecular weight excluding hydrogens is 438 g/mol. The van der Waals surface area contributed by atoms with Crippen molar-refractivity contribution < 1.29 is 13.2 Å². The molecule has 1 fully saturated rings. The molecule has 33 heavy (non-hydrogen) atoms. The van der Waals surface area contributed by atoms with Crippen LogP contribution in [0.4, 0.5) is 0 Å². The Labute approximate surface area is 195 Å². The van der Waals surface area contributed by atoms with Crippen molar-refractivity contribution in [3.05, 3.63) is 54.1 Å². The summed E-state index contributed by atoms with van der Waals surface area (Å²) in [5.74, 6) is 0.788. The Morgan fingerprint density at radius 2 is 1.97 bits per heavy atom. The zero-order valence-electron chi connectivity index (χ0n) is 19.0. The fourth-order valence-corrected chi connectivity index (χ4v) is 5.81. The molecule has 1 N–H and O–H groups in total. The van der Waals surface area contributed by atoms with Gasteiger partial charge in [0.2, 0.25) is 15.9 Å². The number of aromatic nitrogens is 3. The van der Waals surface area contributed by atoms with E-state index in [1.807, 2.05) is 18.2 Å². The summed E-state index contributed by atoms with van der Waals surface area (Å²) in [6.45, 7) is 4.57. The number of rotatable bonds is 10. The van der Waals surface area contributed by atoms with Gasteiger partial charge in [-0.2, -0.15) is 4.31 Å². The van der Waals surface area contributed by atoms with Crippen molar-refractivity contribution in [2.24, 2.45) is 0 Å². The molecule has 1 amide bonds. The second-order valence-electron chi connectivity index (χ2n) is 8.40. The van der Waals surface area contributed by atoms with Crippen LogP contribution in [0.5, 0.6) is 0 Å². The number of hydrogen-bond donors (Lipinski definition) is 1. The van der Waals surface area contributed by atoms with Crippen LogP contribution in [0, 0.1) is 0 Å². The summed E-state index contributed by atoms with van der Waals surface area (Å²) in [6.07, 6.45) is 7.83. The van der Waals surface area contributed by atoms with Gasteiger partial charge >= 0.3 is 0 Å². The molecule has 0 saturated carbocycles. The second kappa shape index (κ2) is 10.4. The SMILES string of the molecule is CCCn1c(CCC(=O)NCCc2cccnc2)nc2cc(S(=O)(=O)N3CCCC3)ccc21. The molecule has 0 aliphatic carbocycles. The van der Waals surface area contributed by atoms with Crippen LogP contribution in [0.2, 0.25) is 0 Å². The minimum Gasteiger partial charge on any atom is -0.356 e. The summed E-state index contributed by atoms with van der Waals surface area (Å²) in [5, 5.41) is 2.96. The van der Waals surface area contributed by atoms with E-state index in [1.54, 1.807) is 28.8 Å². The topological polar surface area (TPSA) is 97.2 Å². The third-order valence-electron chi connectivity index (χ3n) is 5.98. The van der Waals surface area contributed by atoms with Gasteiger partial charge < -0.3 is 9.88 Å². The van der Waals surface area contributed by atoms with Crippen LogP contribution in [0.3, 0.4) is 0 Å². The van der Waals surface area contributed by atoms with Crippen LogP contribution >= 0.6 is 0 Å². The van der Waals surface area contributed by atoms with Gasteiger partial charge in [0.25, 0.3) is 0 Å². The molecule has 1 aliphatic heterocycles. The summed E-state index contributed by atoms with van der Waals surface area (Å²) < 4.78 is 29.5. The number of imidazole rings is 1. The zero-order valence-corrected chi connectivity index (χ0v) is 19.9. The lowest BCUT2D eigenvalue weighted by atomic mass is 10.2. The van der Waals surface area contributed by atoms with Crippen molar-refractivity contribution in [3.63, 3.8) is 0 Å². The molecule has 0 unspecified atom stereocenters. The van der Waals surface area contributed by atoms with Gasteiger partial charge in [-0.05, 0) is 55.5 Å². The molecule has 3 aromatic rings.